The van der Waals surface area contributed by atoms with Crippen LogP contribution in [0, 0.1) is 12.3 Å². The number of thiophene rings is 1. The lowest BCUT2D eigenvalue weighted by atomic mass is 9.91. The summed E-state index contributed by atoms with van der Waals surface area (Å²) in [7, 11) is 0. The average molecular weight is 421 g/mol. The van der Waals surface area contributed by atoms with Crippen LogP contribution in [0.4, 0.5) is 0 Å². The summed E-state index contributed by atoms with van der Waals surface area (Å²) in [5.74, 6) is -0.294. The van der Waals surface area contributed by atoms with Crippen molar-refractivity contribution in [3.8, 4) is 0 Å². The summed E-state index contributed by atoms with van der Waals surface area (Å²) in [6.07, 6.45) is 5.19. The molecule has 0 fully saturated rings. The molecule has 2 rings (SSSR count). The summed E-state index contributed by atoms with van der Waals surface area (Å²) in [6, 6.07) is 3.96. The van der Waals surface area contributed by atoms with E-state index in [0.717, 1.165) is 22.6 Å². The zero-order chi connectivity index (χ0) is 20.9. The van der Waals surface area contributed by atoms with Crippen molar-refractivity contribution in [2.45, 2.75) is 54.0 Å². The fourth-order valence-electron chi connectivity index (χ4n) is 2.39. The average Bonchev–Trinajstić information content (AvgIpc) is 3.13. The van der Waals surface area contributed by atoms with E-state index in [1.165, 1.54) is 22.0 Å². The molecule has 1 amide bonds. The topological polar surface area (TPSA) is 68.2 Å². The molecule has 2 aromatic heterocycles. The highest BCUT2D eigenvalue weighted by atomic mass is 32.1. The third kappa shape index (κ3) is 6.01. The molecule has 0 saturated carbocycles. The van der Waals surface area contributed by atoms with Crippen LogP contribution in [-0.4, -0.2) is 22.8 Å². The number of nitrogens with one attached hydrogen (secondary N) is 1. The molecule has 28 heavy (non-hydrogen) atoms. The Hall–Kier alpha value is -1.99. The van der Waals surface area contributed by atoms with Gasteiger partial charge in [-0.15, -0.1) is 22.7 Å². The molecule has 2 aromatic rings. The van der Waals surface area contributed by atoms with Crippen LogP contribution in [0.25, 0.3) is 12.2 Å². The maximum absolute atomic E-state index is 12.9. The highest BCUT2D eigenvalue weighted by Gasteiger charge is 2.20. The van der Waals surface area contributed by atoms with Crippen molar-refractivity contribution in [2.24, 2.45) is 5.41 Å². The summed E-state index contributed by atoms with van der Waals surface area (Å²) < 4.78 is 2.44. The Balaban J connectivity index is 2.50. The zero-order valence-corrected chi connectivity index (χ0v) is 18.8. The van der Waals surface area contributed by atoms with Crippen LogP contribution in [0.2, 0.25) is 0 Å². The van der Waals surface area contributed by atoms with E-state index in [4.69, 9.17) is 0 Å². The lowest BCUT2D eigenvalue weighted by molar-refractivity contribution is -0.122. The number of carbonyl (C=O) groups excluding carboxylic acids is 2. The second-order valence-corrected chi connectivity index (χ2v) is 10.1. The number of amides is 1. The molecule has 0 radical (unpaired) electrons. The molecule has 0 bridgehead atoms. The number of aromatic nitrogens is 1. The SMILES string of the molecule is CCCCNC(=O)Cn1c(=O)/c(=C\c2ccc(C)s2)s/c1=C/C(=O)C(C)(C)C. The van der Waals surface area contributed by atoms with E-state index in [1.54, 1.807) is 11.3 Å². The number of Topliss-reactive ketones (excluding diaryl/α,β-unsaturated/α-hetero) is 1. The van der Waals surface area contributed by atoms with Gasteiger partial charge >= 0.3 is 0 Å². The summed E-state index contributed by atoms with van der Waals surface area (Å²) >= 11 is 2.85. The molecule has 0 aliphatic heterocycles. The Morgan fingerprint density at radius 2 is 1.93 bits per heavy atom. The second-order valence-electron chi connectivity index (χ2n) is 7.75. The molecular formula is C21H28N2O3S2. The number of ketones is 1. The molecule has 0 spiro atoms. The first-order chi connectivity index (χ1) is 13.1. The summed E-state index contributed by atoms with van der Waals surface area (Å²) in [4.78, 5) is 39.8. The highest BCUT2D eigenvalue weighted by molar-refractivity contribution is 7.13. The first-order valence-electron chi connectivity index (χ1n) is 9.42. The van der Waals surface area contributed by atoms with Gasteiger partial charge in [0, 0.05) is 27.8 Å². The number of nitrogens with zero attached hydrogens (tertiary/aromatic N) is 1. The number of thiazole rings is 1. The number of hydrogen-bond acceptors (Lipinski definition) is 5. The van der Waals surface area contributed by atoms with Crippen LogP contribution in [0.3, 0.4) is 0 Å². The van der Waals surface area contributed by atoms with Gasteiger partial charge in [-0.1, -0.05) is 34.1 Å². The van der Waals surface area contributed by atoms with Gasteiger partial charge in [-0.3, -0.25) is 19.0 Å². The first kappa shape index (κ1) is 22.3. The number of hydrogen-bond donors (Lipinski definition) is 1. The smallest absolute Gasteiger partial charge is 0.269 e. The van der Waals surface area contributed by atoms with Gasteiger partial charge in [0.05, 0.1) is 4.53 Å². The lowest BCUT2D eigenvalue weighted by Crippen LogP contribution is -2.38. The number of aryl methyl sites for hydroxylation is 1. The Kier molecular flexibility index (Phi) is 7.55. The van der Waals surface area contributed by atoms with Crippen LogP contribution in [-0.2, 0) is 16.1 Å². The van der Waals surface area contributed by atoms with Crippen LogP contribution >= 0.6 is 22.7 Å². The monoisotopic (exact) mass is 420 g/mol. The van der Waals surface area contributed by atoms with Gasteiger partial charge in [-0.05, 0) is 31.6 Å². The third-order valence-corrected chi connectivity index (χ3v) is 6.13. The van der Waals surface area contributed by atoms with Crippen molar-refractivity contribution in [3.63, 3.8) is 0 Å². The summed E-state index contributed by atoms with van der Waals surface area (Å²) in [5, 5.41) is 2.83. The van der Waals surface area contributed by atoms with Crippen molar-refractivity contribution < 1.29 is 9.59 Å². The molecule has 7 heteroatoms. The van der Waals surface area contributed by atoms with E-state index in [9.17, 15) is 14.4 Å². The van der Waals surface area contributed by atoms with Gasteiger partial charge in [0.2, 0.25) is 5.91 Å². The second kappa shape index (κ2) is 9.47. The van der Waals surface area contributed by atoms with Gasteiger partial charge in [-0.2, -0.15) is 0 Å². The fourth-order valence-corrected chi connectivity index (χ4v) is 4.31. The minimum absolute atomic E-state index is 0.0765. The van der Waals surface area contributed by atoms with Crippen molar-refractivity contribution >= 4 is 46.5 Å². The van der Waals surface area contributed by atoms with Gasteiger partial charge in [0.1, 0.15) is 11.2 Å². The molecule has 152 valence electrons. The number of unbranched alkanes of at least 4 members (excludes halogenated alkanes) is 1. The lowest BCUT2D eigenvalue weighted by Gasteiger charge is -2.13. The molecule has 2 heterocycles. The maximum atomic E-state index is 12.9. The van der Waals surface area contributed by atoms with E-state index in [-0.39, 0.29) is 23.8 Å². The molecule has 0 aromatic carbocycles. The number of carbonyl (C=O) groups is 2. The molecule has 0 unspecified atom stereocenters. The largest absolute Gasteiger partial charge is 0.355 e. The number of rotatable bonds is 7. The summed E-state index contributed by atoms with van der Waals surface area (Å²) in [5.41, 5.74) is -0.794. The Morgan fingerprint density at radius 3 is 2.50 bits per heavy atom. The molecule has 5 nitrogen and oxygen atoms in total. The molecular weight excluding hydrogens is 392 g/mol. The van der Waals surface area contributed by atoms with Gasteiger partial charge < -0.3 is 5.32 Å². The molecule has 0 saturated heterocycles. The quantitative estimate of drug-likeness (QED) is 0.700. The standard InChI is InChI=1S/C21H28N2O3S2/c1-6-7-10-22-18(25)13-23-19(12-17(24)21(3,4)5)28-16(20(23)26)11-15-9-8-14(2)27-15/h8-9,11-12H,6-7,10,13H2,1-5H3,(H,22,25)/b16-11+,19-12+. The van der Waals surface area contributed by atoms with Crippen LogP contribution < -0.4 is 20.1 Å². The predicted octanol–water partition coefficient (Wildman–Crippen LogP) is 2.42. The summed E-state index contributed by atoms with van der Waals surface area (Å²) in [6.45, 7) is 10.1. The zero-order valence-electron chi connectivity index (χ0n) is 17.1. The molecule has 0 atom stereocenters. The van der Waals surface area contributed by atoms with Crippen molar-refractivity contribution in [2.75, 3.05) is 6.54 Å². The van der Waals surface area contributed by atoms with E-state index in [0.29, 0.717) is 15.7 Å². The molecule has 0 aliphatic rings. The Bertz CT molecular complexity index is 1020. The van der Waals surface area contributed by atoms with E-state index < -0.39 is 5.41 Å². The van der Waals surface area contributed by atoms with Crippen molar-refractivity contribution in [3.05, 3.63) is 41.4 Å². The molecule has 1 N–H and O–H groups in total. The maximum Gasteiger partial charge on any atom is 0.269 e. The Morgan fingerprint density at radius 1 is 1.21 bits per heavy atom. The minimum Gasteiger partial charge on any atom is -0.355 e. The van der Waals surface area contributed by atoms with Gasteiger partial charge in [0.15, 0.2) is 5.78 Å². The Labute approximate surface area is 173 Å². The van der Waals surface area contributed by atoms with Gasteiger partial charge in [-0.25, -0.2) is 0 Å². The predicted molar refractivity (Wildman–Crippen MR) is 117 cm³/mol. The van der Waals surface area contributed by atoms with Gasteiger partial charge in [0.25, 0.3) is 5.56 Å². The van der Waals surface area contributed by atoms with Crippen molar-refractivity contribution in [1.82, 2.24) is 9.88 Å². The van der Waals surface area contributed by atoms with E-state index in [1.807, 2.05) is 45.9 Å². The third-order valence-electron chi connectivity index (χ3n) is 4.12. The van der Waals surface area contributed by atoms with E-state index >= 15 is 0 Å². The minimum atomic E-state index is -0.553. The molecule has 0 aliphatic carbocycles. The van der Waals surface area contributed by atoms with Crippen LogP contribution in [0.1, 0.15) is 50.3 Å². The first-order valence-corrected chi connectivity index (χ1v) is 11.1. The normalized spacial score (nSPS) is 13.2. The van der Waals surface area contributed by atoms with Crippen molar-refractivity contribution in [1.29, 1.82) is 0 Å². The van der Waals surface area contributed by atoms with E-state index in [2.05, 4.69) is 12.2 Å². The fraction of sp³-hybridized carbons (Fsp3) is 0.476. The van der Waals surface area contributed by atoms with Crippen LogP contribution in [0.5, 0.6) is 0 Å². The van der Waals surface area contributed by atoms with Crippen LogP contribution in [0.15, 0.2) is 16.9 Å². The highest BCUT2D eigenvalue weighted by Crippen LogP contribution is 2.16.